The van der Waals surface area contributed by atoms with E-state index in [-0.39, 0.29) is 12.1 Å². The van der Waals surface area contributed by atoms with Crippen molar-refractivity contribution in [3.8, 4) is 0 Å². The minimum atomic E-state index is 0.265. The lowest BCUT2D eigenvalue weighted by Crippen LogP contribution is -2.44. The number of hydrogen-bond acceptors (Lipinski definition) is 2. The second-order valence-electron chi connectivity index (χ2n) is 4.97. The van der Waals surface area contributed by atoms with Gasteiger partial charge in [0.1, 0.15) is 0 Å². The van der Waals surface area contributed by atoms with Crippen molar-refractivity contribution in [3.63, 3.8) is 0 Å². The summed E-state index contributed by atoms with van der Waals surface area (Å²) in [6.45, 7) is 3.90. The fourth-order valence-corrected chi connectivity index (χ4v) is 3.18. The van der Waals surface area contributed by atoms with E-state index >= 15 is 0 Å². The van der Waals surface area contributed by atoms with Gasteiger partial charge in [0.15, 0.2) is 0 Å². The van der Waals surface area contributed by atoms with E-state index in [1.165, 1.54) is 12.8 Å². The smallest absolute Gasteiger partial charge is 0.0731 e. The molecular formula is C15H21Cl2NO. The van der Waals surface area contributed by atoms with Gasteiger partial charge in [-0.25, -0.2) is 0 Å². The zero-order valence-electron chi connectivity index (χ0n) is 11.3. The lowest BCUT2D eigenvalue weighted by Gasteiger charge is -2.31. The summed E-state index contributed by atoms with van der Waals surface area (Å²) in [4.78, 5) is 0. The number of nitrogens with one attached hydrogen (secondary N) is 1. The van der Waals surface area contributed by atoms with Crippen molar-refractivity contribution in [1.82, 2.24) is 5.32 Å². The number of ether oxygens (including phenoxy) is 1. The van der Waals surface area contributed by atoms with Gasteiger partial charge in [0, 0.05) is 22.7 Å². The second kappa shape index (κ2) is 7.49. The van der Waals surface area contributed by atoms with Crippen molar-refractivity contribution in [2.45, 2.75) is 44.8 Å². The van der Waals surface area contributed by atoms with Crippen LogP contribution in [0.25, 0.3) is 0 Å². The topological polar surface area (TPSA) is 21.3 Å². The van der Waals surface area contributed by atoms with Crippen LogP contribution in [0.1, 0.15) is 31.7 Å². The molecule has 1 aliphatic rings. The van der Waals surface area contributed by atoms with E-state index in [1.54, 1.807) is 0 Å². The molecule has 0 bridgehead atoms. The van der Waals surface area contributed by atoms with E-state index in [9.17, 15) is 0 Å². The van der Waals surface area contributed by atoms with Crippen LogP contribution in [0.2, 0.25) is 10.0 Å². The molecule has 1 aromatic carbocycles. The quantitative estimate of drug-likeness (QED) is 0.885. The molecular weight excluding hydrogens is 281 g/mol. The molecule has 1 aromatic rings. The summed E-state index contributed by atoms with van der Waals surface area (Å²) >= 11 is 12.5. The average molecular weight is 302 g/mol. The molecule has 0 aliphatic carbocycles. The number of rotatable bonds is 5. The number of benzene rings is 1. The van der Waals surface area contributed by atoms with Crippen LogP contribution < -0.4 is 5.32 Å². The molecule has 2 unspecified atom stereocenters. The van der Waals surface area contributed by atoms with Gasteiger partial charge in [0.25, 0.3) is 0 Å². The maximum atomic E-state index is 6.26. The summed E-state index contributed by atoms with van der Waals surface area (Å²) in [5.74, 6) is 0. The summed E-state index contributed by atoms with van der Waals surface area (Å²) in [7, 11) is 0. The summed E-state index contributed by atoms with van der Waals surface area (Å²) < 4.78 is 5.90. The molecule has 0 spiro atoms. The van der Waals surface area contributed by atoms with Gasteiger partial charge >= 0.3 is 0 Å². The van der Waals surface area contributed by atoms with Gasteiger partial charge in [0.2, 0.25) is 0 Å². The van der Waals surface area contributed by atoms with E-state index < -0.39 is 0 Å². The van der Waals surface area contributed by atoms with Crippen LogP contribution in [0.15, 0.2) is 18.2 Å². The third kappa shape index (κ3) is 4.09. The van der Waals surface area contributed by atoms with E-state index in [0.29, 0.717) is 0 Å². The number of likely N-dealkylation sites (N-methyl/N-ethyl adjacent to an activating group) is 1. The van der Waals surface area contributed by atoms with Gasteiger partial charge in [-0.05, 0) is 49.9 Å². The van der Waals surface area contributed by atoms with Crippen molar-refractivity contribution < 1.29 is 4.74 Å². The van der Waals surface area contributed by atoms with Crippen LogP contribution in [-0.4, -0.2) is 25.3 Å². The summed E-state index contributed by atoms with van der Waals surface area (Å²) in [5.41, 5.74) is 1.02. The third-order valence-electron chi connectivity index (χ3n) is 3.62. The lowest BCUT2D eigenvalue weighted by molar-refractivity contribution is -0.00708. The molecule has 1 heterocycles. The predicted octanol–water partition coefficient (Wildman–Crippen LogP) is 4.08. The van der Waals surface area contributed by atoms with Crippen molar-refractivity contribution >= 4 is 23.2 Å². The Labute approximate surface area is 125 Å². The zero-order chi connectivity index (χ0) is 13.7. The van der Waals surface area contributed by atoms with Crippen molar-refractivity contribution in [2.24, 2.45) is 0 Å². The second-order valence-corrected chi connectivity index (χ2v) is 5.79. The maximum absolute atomic E-state index is 6.26. The molecule has 0 aromatic heterocycles. The van der Waals surface area contributed by atoms with Crippen molar-refractivity contribution in [3.05, 3.63) is 33.8 Å². The largest absolute Gasteiger partial charge is 0.377 e. The van der Waals surface area contributed by atoms with Crippen molar-refractivity contribution in [2.75, 3.05) is 13.2 Å². The Morgan fingerprint density at radius 2 is 2.05 bits per heavy atom. The molecule has 4 heteroatoms. The van der Waals surface area contributed by atoms with Crippen LogP contribution >= 0.6 is 23.2 Å². The molecule has 0 saturated carbocycles. The molecule has 2 atom stereocenters. The van der Waals surface area contributed by atoms with Crippen molar-refractivity contribution in [1.29, 1.82) is 0 Å². The van der Waals surface area contributed by atoms with Gasteiger partial charge in [-0.2, -0.15) is 0 Å². The highest BCUT2D eigenvalue weighted by Crippen LogP contribution is 2.27. The van der Waals surface area contributed by atoms with Crippen LogP contribution in [0.3, 0.4) is 0 Å². The highest BCUT2D eigenvalue weighted by Gasteiger charge is 2.25. The minimum Gasteiger partial charge on any atom is -0.377 e. The lowest BCUT2D eigenvalue weighted by atomic mass is 9.96. The van der Waals surface area contributed by atoms with Gasteiger partial charge in [0.05, 0.1) is 6.10 Å². The Hall–Kier alpha value is -0.280. The Balaban J connectivity index is 2.11. The van der Waals surface area contributed by atoms with Crippen LogP contribution in [-0.2, 0) is 11.2 Å². The summed E-state index contributed by atoms with van der Waals surface area (Å²) in [6.07, 6.45) is 4.60. The minimum absolute atomic E-state index is 0.265. The summed E-state index contributed by atoms with van der Waals surface area (Å²) in [6, 6.07) is 5.96. The third-order valence-corrected chi connectivity index (χ3v) is 4.32. The average Bonchev–Trinajstić information content (AvgIpc) is 2.43. The van der Waals surface area contributed by atoms with Crippen LogP contribution in [0, 0.1) is 0 Å². The fourth-order valence-electron chi connectivity index (χ4n) is 2.63. The van der Waals surface area contributed by atoms with E-state index in [2.05, 4.69) is 12.2 Å². The van der Waals surface area contributed by atoms with E-state index in [4.69, 9.17) is 27.9 Å². The first-order valence-electron chi connectivity index (χ1n) is 7.00. The van der Waals surface area contributed by atoms with Gasteiger partial charge in [-0.1, -0.05) is 36.2 Å². The molecule has 1 fully saturated rings. The number of halogens is 2. The Morgan fingerprint density at radius 1 is 1.32 bits per heavy atom. The van der Waals surface area contributed by atoms with Gasteiger partial charge < -0.3 is 10.1 Å². The standard InChI is InChI=1S/C15H21Cl2NO/c1-2-18-14(15-8-3-4-9-19-15)10-11-12(16)6-5-7-13(11)17/h5-7,14-15,18H,2-4,8-10H2,1H3. The van der Waals surface area contributed by atoms with Crippen LogP contribution in [0.5, 0.6) is 0 Å². The SMILES string of the molecule is CCNC(Cc1c(Cl)cccc1Cl)C1CCCCO1. The Kier molecular flexibility index (Phi) is 5.96. The summed E-state index contributed by atoms with van der Waals surface area (Å²) in [5, 5.41) is 5.00. The monoisotopic (exact) mass is 301 g/mol. The first kappa shape index (κ1) is 15.1. The molecule has 0 radical (unpaired) electrons. The molecule has 2 rings (SSSR count). The molecule has 2 nitrogen and oxygen atoms in total. The Bertz CT molecular complexity index is 385. The molecule has 1 aliphatic heterocycles. The normalized spacial score (nSPS) is 21.3. The first-order valence-corrected chi connectivity index (χ1v) is 7.76. The molecule has 0 amide bonds. The zero-order valence-corrected chi connectivity index (χ0v) is 12.8. The highest BCUT2D eigenvalue weighted by molar-refractivity contribution is 6.36. The molecule has 19 heavy (non-hydrogen) atoms. The van der Waals surface area contributed by atoms with Gasteiger partial charge in [-0.3, -0.25) is 0 Å². The maximum Gasteiger partial charge on any atom is 0.0731 e. The van der Waals surface area contributed by atoms with Crippen LogP contribution in [0.4, 0.5) is 0 Å². The fraction of sp³-hybridized carbons (Fsp3) is 0.600. The van der Waals surface area contributed by atoms with E-state index in [1.807, 2.05) is 18.2 Å². The molecule has 1 saturated heterocycles. The molecule has 1 N–H and O–H groups in total. The Morgan fingerprint density at radius 3 is 2.63 bits per heavy atom. The number of hydrogen-bond donors (Lipinski definition) is 1. The highest BCUT2D eigenvalue weighted by atomic mass is 35.5. The van der Waals surface area contributed by atoms with Gasteiger partial charge in [-0.15, -0.1) is 0 Å². The first-order chi connectivity index (χ1) is 9.22. The molecule has 106 valence electrons. The van der Waals surface area contributed by atoms with E-state index in [0.717, 1.165) is 41.6 Å². The predicted molar refractivity (Wildman–Crippen MR) is 81.2 cm³/mol.